The fourth-order valence-corrected chi connectivity index (χ4v) is 2.50. The second kappa shape index (κ2) is 4.24. The summed E-state index contributed by atoms with van der Waals surface area (Å²) in [5, 5.41) is 0. The van der Waals surface area contributed by atoms with E-state index in [9.17, 15) is 0 Å². The Kier molecular flexibility index (Phi) is 2.38. The monoisotopic (exact) mass is 280 g/mol. The molecule has 104 valence electrons. The zero-order valence-corrected chi connectivity index (χ0v) is 11.0. The number of nitrogens with two attached hydrogens (primary N) is 2. The number of anilines is 2. The van der Waals surface area contributed by atoms with Crippen LogP contribution in [0.25, 0.3) is 22.7 Å². The predicted octanol–water partition coefficient (Wildman–Crippen LogP) is 2.46. The highest BCUT2D eigenvalue weighted by Crippen LogP contribution is 2.43. The van der Waals surface area contributed by atoms with Crippen LogP contribution in [0.5, 0.6) is 5.75 Å². The number of nitrogen functional groups attached to an aromatic ring is 2. The Bertz CT molecular complexity index is 828. The summed E-state index contributed by atoms with van der Waals surface area (Å²) in [4.78, 5) is 8.55. The number of aromatic nitrogens is 2. The van der Waals surface area contributed by atoms with Crippen molar-refractivity contribution in [2.75, 3.05) is 11.5 Å². The number of nitrogens with zero attached hydrogens (tertiary/aromatic N) is 2. The average Bonchev–Trinajstić information content (AvgIpc) is 3.01. The molecular formula is C15H12N4O2. The Balaban J connectivity index is 2.02. The Hall–Kier alpha value is -3.02. The van der Waals surface area contributed by atoms with Crippen molar-refractivity contribution in [3.8, 4) is 28.5 Å². The van der Waals surface area contributed by atoms with Crippen molar-refractivity contribution < 1.29 is 9.15 Å². The van der Waals surface area contributed by atoms with Crippen molar-refractivity contribution >= 4 is 11.6 Å². The summed E-state index contributed by atoms with van der Waals surface area (Å²) in [5.41, 5.74) is 15.5. The quantitative estimate of drug-likeness (QED) is 0.664. The molecule has 0 radical (unpaired) electrons. The Labute approximate surface area is 120 Å². The third kappa shape index (κ3) is 1.73. The van der Waals surface area contributed by atoms with E-state index in [2.05, 4.69) is 9.97 Å². The SMILES string of the molecule is Nc1nc(-c2ccco2)c2c(n1)-c1cccc(N)c1CO2. The molecule has 0 saturated heterocycles. The lowest BCUT2D eigenvalue weighted by Gasteiger charge is -2.22. The van der Waals surface area contributed by atoms with Gasteiger partial charge in [0, 0.05) is 16.8 Å². The van der Waals surface area contributed by atoms with E-state index in [0.717, 1.165) is 11.1 Å². The van der Waals surface area contributed by atoms with Gasteiger partial charge in [0.1, 0.15) is 12.3 Å². The lowest BCUT2D eigenvalue weighted by molar-refractivity contribution is 0.301. The van der Waals surface area contributed by atoms with Gasteiger partial charge in [0.2, 0.25) is 5.95 Å². The van der Waals surface area contributed by atoms with Gasteiger partial charge in [-0.3, -0.25) is 0 Å². The normalized spacial score (nSPS) is 12.4. The van der Waals surface area contributed by atoms with E-state index in [1.54, 1.807) is 18.4 Å². The van der Waals surface area contributed by atoms with Gasteiger partial charge >= 0.3 is 0 Å². The maximum absolute atomic E-state index is 6.00. The summed E-state index contributed by atoms with van der Waals surface area (Å²) in [5.74, 6) is 1.32. The first-order valence-corrected chi connectivity index (χ1v) is 6.46. The van der Waals surface area contributed by atoms with Crippen molar-refractivity contribution in [2.45, 2.75) is 6.61 Å². The number of rotatable bonds is 1. The van der Waals surface area contributed by atoms with Gasteiger partial charge in [0.25, 0.3) is 0 Å². The molecule has 1 aliphatic heterocycles. The third-order valence-corrected chi connectivity index (χ3v) is 3.47. The largest absolute Gasteiger partial charge is 0.484 e. The van der Waals surface area contributed by atoms with E-state index < -0.39 is 0 Å². The number of hydrogen-bond acceptors (Lipinski definition) is 6. The van der Waals surface area contributed by atoms with Gasteiger partial charge < -0.3 is 20.6 Å². The highest BCUT2D eigenvalue weighted by atomic mass is 16.5. The van der Waals surface area contributed by atoms with Crippen molar-refractivity contribution in [1.82, 2.24) is 9.97 Å². The smallest absolute Gasteiger partial charge is 0.221 e. The minimum Gasteiger partial charge on any atom is -0.484 e. The molecule has 0 fully saturated rings. The number of furan rings is 1. The van der Waals surface area contributed by atoms with E-state index in [4.69, 9.17) is 20.6 Å². The van der Waals surface area contributed by atoms with Gasteiger partial charge in [-0.2, -0.15) is 0 Å². The van der Waals surface area contributed by atoms with Crippen LogP contribution in [0.1, 0.15) is 5.56 Å². The van der Waals surface area contributed by atoms with Crippen molar-refractivity contribution in [3.05, 3.63) is 42.2 Å². The summed E-state index contributed by atoms with van der Waals surface area (Å²) >= 11 is 0. The standard InChI is InChI=1S/C15H12N4O2/c16-10-4-1-3-8-9(10)7-21-14-12(8)18-15(17)19-13(14)11-5-2-6-20-11/h1-6H,7,16H2,(H2,17,18,19). The average molecular weight is 280 g/mol. The van der Waals surface area contributed by atoms with Crippen LogP contribution in [0.4, 0.5) is 11.6 Å². The molecule has 0 bridgehead atoms. The summed E-state index contributed by atoms with van der Waals surface area (Å²) in [6.07, 6.45) is 1.58. The Morgan fingerprint density at radius 1 is 1.00 bits per heavy atom. The topological polar surface area (TPSA) is 100 Å². The first-order valence-electron chi connectivity index (χ1n) is 6.46. The summed E-state index contributed by atoms with van der Waals surface area (Å²) in [6, 6.07) is 9.26. The van der Waals surface area contributed by atoms with Gasteiger partial charge in [-0.25, -0.2) is 9.97 Å². The lowest BCUT2D eigenvalue weighted by Crippen LogP contribution is -2.12. The fraction of sp³-hybridized carbons (Fsp3) is 0.0667. The van der Waals surface area contributed by atoms with E-state index in [1.165, 1.54) is 0 Å². The maximum Gasteiger partial charge on any atom is 0.221 e. The third-order valence-electron chi connectivity index (χ3n) is 3.47. The molecule has 21 heavy (non-hydrogen) atoms. The summed E-state index contributed by atoms with van der Waals surface area (Å²) < 4.78 is 11.2. The van der Waals surface area contributed by atoms with E-state index >= 15 is 0 Å². The second-order valence-corrected chi connectivity index (χ2v) is 4.75. The molecule has 2 aromatic heterocycles. The van der Waals surface area contributed by atoms with Crippen molar-refractivity contribution in [1.29, 1.82) is 0 Å². The first kappa shape index (κ1) is 11.8. The molecule has 6 nitrogen and oxygen atoms in total. The highest BCUT2D eigenvalue weighted by molar-refractivity contribution is 5.82. The Morgan fingerprint density at radius 3 is 2.67 bits per heavy atom. The van der Waals surface area contributed by atoms with Gasteiger partial charge in [-0.1, -0.05) is 12.1 Å². The summed E-state index contributed by atoms with van der Waals surface area (Å²) in [6.45, 7) is 0.371. The molecular weight excluding hydrogens is 268 g/mol. The molecule has 4 N–H and O–H groups in total. The fourth-order valence-electron chi connectivity index (χ4n) is 2.50. The molecule has 0 amide bonds. The minimum atomic E-state index is 0.166. The highest BCUT2D eigenvalue weighted by Gasteiger charge is 2.26. The van der Waals surface area contributed by atoms with Crippen LogP contribution in [0.2, 0.25) is 0 Å². The molecule has 3 heterocycles. The number of hydrogen-bond donors (Lipinski definition) is 2. The second-order valence-electron chi connectivity index (χ2n) is 4.75. The van der Waals surface area contributed by atoms with Crippen molar-refractivity contribution in [2.24, 2.45) is 0 Å². The van der Waals surface area contributed by atoms with Crippen LogP contribution in [0, 0.1) is 0 Å². The molecule has 1 aliphatic rings. The van der Waals surface area contributed by atoms with Crippen LogP contribution in [0.15, 0.2) is 41.0 Å². The number of fused-ring (bicyclic) bond motifs is 3. The number of ether oxygens (including phenoxy) is 1. The zero-order valence-electron chi connectivity index (χ0n) is 11.0. The predicted molar refractivity (Wildman–Crippen MR) is 78.3 cm³/mol. The molecule has 6 heteroatoms. The van der Waals surface area contributed by atoms with Gasteiger partial charge in [-0.15, -0.1) is 0 Å². The molecule has 0 unspecified atom stereocenters. The zero-order chi connectivity index (χ0) is 14.4. The van der Waals surface area contributed by atoms with Gasteiger partial charge in [-0.05, 0) is 18.2 Å². The number of benzene rings is 1. The maximum atomic E-state index is 6.00. The van der Waals surface area contributed by atoms with Crippen LogP contribution in [0.3, 0.4) is 0 Å². The van der Waals surface area contributed by atoms with Crippen LogP contribution in [-0.4, -0.2) is 9.97 Å². The van der Waals surface area contributed by atoms with E-state index in [-0.39, 0.29) is 5.95 Å². The van der Waals surface area contributed by atoms with Crippen LogP contribution >= 0.6 is 0 Å². The van der Waals surface area contributed by atoms with Crippen LogP contribution in [-0.2, 0) is 6.61 Å². The van der Waals surface area contributed by atoms with Gasteiger partial charge in [0.15, 0.2) is 17.2 Å². The molecule has 0 aliphatic carbocycles. The first-order chi connectivity index (χ1) is 10.2. The molecule has 0 saturated carbocycles. The van der Waals surface area contributed by atoms with Crippen LogP contribution < -0.4 is 16.2 Å². The van der Waals surface area contributed by atoms with Gasteiger partial charge in [0.05, 0.1) is 6.26 Å². The summed E-state index contributed by atoms with van der Waals surface area (Å²) in [7, 11) is 0. The molecule has 0 spiro atoms. The van der Waals surface area contributed by atoms with Crippen molar-refractivity contribution in [3.63, 3.8) is 0 Å². The molecule has 3 aromatic rings. The molecule has 0 atom stereocenters. The molecule has 1 aromatic carbocycles. The lowest BCUT2D eigenvalue weighted by atomic mass is 9.99. The van der Waals surface area contributed by atoms with E-state index in [1.807, 2.05) is 18.2 Å². The minimum absolute atomic E-state index is 0.166. The Morgan fingerprint density at radius 2 is 1.86 bits per heavy atom. The van der Waals surface area contributed by atoms with E-state index in [0.29, 0.717) is 35.2 Å². The molecule has 4 rings (SSSR count).